The predicted octanol–water partition coefficient (Wildman–Crippen LogP) is 6.78. The number of hydrogen-bond acceptors (Lipinski definition) is 9. The van der Waals surface area contributed by atoms with Crippen LogP contribution in [-0.4, -0.2) is 39.6 Å². The molecule has 0 unspecified atom stereocenters. The van der Waals surface area contributed by atoms with Crippen LogP contribution in [0.3, 0.4) is 0 Å². The minimum absolute atomic E-state index is 0.0346. The third kappa shape index (κ3) is 7.88. The van der Waals surface area contributed by atoms with Crippen molar-refractivity contribution in [1.29, 1.82) is 0 Å². The van der Waals surface area contributed by atoms with E-state index in [-0.39, 0.29) is 30.7 Å². The topological polar surface area (TPSA) is 140 Å². The molecule has 1 N–H and O–H groups in total. The van der Waals surface area contributed by atoms with Crippen LogP contribution in [0.1, 0.15) is 22.5 Å². The summed E-state index contributed by atoms with van der Waals surface area (Å²) < 4.78 is 12.1. The van der Waals surface area contributed by atoms with Gasteiger partial charge in [-0.1, -0.05) is 33.6 Å². The van der Waals surface area contributed by atoms with E-state index in [1.54, 1.807) is 48.5 Å². The Morgan fingerprint density at radius 3 is 2.61 bits per heavy atom. The van der Waals surface area contributed by atoms with Crippen LogP contribution < -0.4 is 10.1 Å². The number of aryl methyl sites for hydroxylation is 1. The van der Waals surface area contributed by atoms with E-state index in [0.29, 0.717) is 38.4 Å². The minimum atomic E-state index is -0.482. The number of nitro benzene ring substituents is 1. The minimum Gasteiger partial charge on any atom is -0.483 e. The van der Waals surface area contributed by atoms with Gasteiger partial charge in [0.05, 0.1) is 28.9 Å². The molecule has 2 heterocycles. The number of carbonyl (C=O) groups excluding carboxylic acids is 2. The van der Waals surface area contributed by atoms with Crippen molar-refractivity contribution in [2.24, 2.45) is 10.2 Å². The van der Waals surface area contributed by atoms with Gasteiger partial charge in [-0.15, -0.1) is 5.10 Å². The lowest BCUT2D eigenvalue weighted by Crippen LogP contribution is -2.28. The Hall–Kier alpha value is -5.01. The first-order chi connectivity index (χ1) is 21.2. The van der Waals surface area contributed by atoms with Crippen molar-refractivity contribution >= 4 is 68.3 Å². The molecule has 0 saturated carbocycles. The number of ether oxygens (including phenoxy) is 1. The molecule has 0 bridgehead atoms. The summed E-state index contributed by atoms with van der Waals surface area (Å²) >= 11 is 4.58. The van der Waals surface area contributed by atoms with Crippen LogP contribution in [0.2, 0.25) is 0 Å². The smallest absolute Gasteiger partial charge is 0.269 e. The van der Waals surface area contributed by atoms with E-state index in [9.17, 15) is 19.7 Å². The van der Waals surface area contributed by atoms with Crippen molar-refractivity contribution in [3.63, 3.8) is 0 Å². The Balaban J connectivity index is 1.36. The SMILES string of the molecule is Cc1ccc(NC(=O)COc2ccc(Br)cc2/C=C2\S/C(=N/N=C\c3ccc([N+](=O)[O-])cc3)N(Cc3ccco3)C2=O)cc1. The zero-order valence-electron chi connectivity index (χ0n) is 23.2. The van der Waals surface area contributed by atoms with Crippen LogP contribution >= 0.6 is 27.7 Å². The molecule has 1 aliphatic heterocycles. The number of nitrogens with one attached hydrogen (secondary N) is 1. The van der Waals surface area contributed by atoms with Gasteiger partial charge in [0.15, 0.2) is 11.8 Å². The van der Waals surface area contributed by atoms with Gasteiger partial charge < -0.3 is 14.5 Å². The molecule has 4 aromatic rings. The van der Waals surface area contributed by atoms with Gasteiger partial charge in [-0.25, -0.2) is 0 Å². The van der Waals surface area contributed by atoms with E-state index >= 15 is 0 Å². The molecule has 13 heteroatoms. The largest absolute Gasteiger partial charge is 0.483 e. The average molecular weight is 675 g/mol. The highest BCUT2D eigenvalue weighted by Gasteiger charge is 2.34. The maximum absolute atomic E-state index is 13.6. The predicted molar refractivity (Wildman–Crippen MR) is 172 cm³/mol. The fraction of sp³-hybridized carbons (Fsp3) is 0.0968. The van der Waals surface area contributed by atoms with Crippen LogP contribution in [0.4, 0.5) is 11.4 Å². The number of nitro groups is 1. The monoisotopic (exact) mass is 673 g/mol. The second-order valence-corrected chi connectivity index (χ2v) is 11.4. The zero-order valence-corrected chi connectivity index (χ0v) is 25.6. The number of non-ortho nitro benzene ring substituents is 1. The zero-order chi connectivity index (χ0) is 31.1. The van der Waals surface area contributed by atoms with Crippen molar-refractivity contribution in [3.05, 3.63) is 127 Å². The number of benzene rings is 3. The lowest BCUT2D eigenvalue weighted by molar-refractivity contribution is -0.384. The Morgan fingerprint density at radius 2 is 1.91 bits per heavy atom. The molecule has 1 aromatic heterocycles. The number of nitrogens with zero attached hydrogens (tertiary/aromatic N) is 4. The highest BCUT2D eigenvalue weighted by molar-refractivity contribution is 9.10. The van der Waals surface area contributed by atoms with Gasteiger partial charge in [0.1, 0.15) is 11.5 Å². The quantitative estimate of drug-likeness (QED) is 0.0847. The van der Waals surface area contributed by atoms with E-state index < -0.39 is 4.92 Å². The summed E-state index contributed by atoms with van der Waals surface area (Å²) in [6, 6.07) is 22.0. The molecule has 222 valence electrons. The molecule has 44 heavy (non-hydrogen) atoms. The second kappa shape index (κ2) is 14.0. The van der Waals surface area contributed by atoms with E-state index in [1.165, 1.54) is 29.5 Å². The molecular formula is C31H24BrN5O6S. The lowest BCUT2D eigenvalue weighted by Gasteiger charge is -2.13. The van der Waals surface area contributed by atoms with Crippen molar-refractivity contribution in [1.82, 2.24) is 4.90 Å². The Kier molecular flexibility index (Phi) is 9.67. The molecule has 2 amide bonds. The number of thioether (sulfide) groups is 1. The van der Waals surface area contributed by atoms with E-state index in [0.717, 1.165) is 21.8 Å². The molecule has 11 nitrogen and oxygen atoms in total. The molecular weight excluding hydrogens is 650 g/mol. The number of rotatable bonds is 10. The fourth-order valence-electron chi connectivity index (χ4n) is 3.99. The molecule has 0 atom stereocenters. The highest BCUT2D eigenvalue weighted by Crippen LogP contribution is 2.36. The van der Waals surface area contributed by atoms with Crippen LogP contribution in [0.5, 0.6) is 5.75 Å². The summed E-state index contributed by atoms with van der Waals surface area (Å²) in [4.78, 5) is 38.3. The van der Waals surface area contributed by atoms with Gasteiger partial charge in [0, 0.05) is 27.9 Å². The summed E-state index contributed by atoms with van der Waals surface area (Å²) in [5, 5.41) is 22.4. The molecule has 1 saturated heterocycles. The summed E-state index contributed by atoms with van der Waals surface area (Å²) in [5.74, 6) is 0.316. The number of anilines is 1. The average Bonchev–Trinajstić information content (AvgIpc) is 3.62. The molecule has 3 aromatic carbocycles. The van der Waals surface area contributed by atoms with Crippen molar-refractivity contribution in [2.75, 3.05) is 11.9 Å². The number of carbonyl (C=O) groups is 2. The van der Waals surface area contributed by atoms with E-state index in [2.05, 4.69) is 31.4 Å². The highest BCUT2D eigenvalue weighted by atomic mass is 79.9. The summed E-state index contributed by atoms with van der Waals surface area (Å²) in [5.41, 5.74) is 2.89. The number of hydrogen-bond donors (Lipinski definition) is 1. The maximum Gasteiger partial charge on any atom is 0.269 e. The van der Waals surface area contributed by atoms with Crippen molar-refractivity contribution in [2.45, 2.75) is 13.5 Å². The summed E-state index contributed by atoms with van der Waals surface area (Å²) in [6.07, 6.45) is 4.63. The first-order valence-electron chi connectivity index (χ1n) is 13.1. The van der Waals surface area contributed by atoms with Gasteiger partial charge in [-0.3, -0.25) is 24.6 Å². The normalized spacial score (nSPS) is 15.0. The van der Waals surface area contributed by atoms with Gasteiger partial charge in [-0.05, 0) is 84.9 Å². The van der Waals surface area contributed by atoms with Gasteiger partial charge in [0.2, 0.25) is 0 Å². The van der Waals surface area contributed by atoms with E-state index in [4.69, 9.17) is 9.15 Å². The molecule has 5 rings (SSSR count). The molecule has 0 aliphatic carbocycles. The van der Waals surface area contributed by atoms with Crippen molar-refractivity contribution < 1.29 is 23.7 Å². The van der Waals surface area contributed by atoms with Gasteiger partial charge in [-0.2, -0.15) is 5.10 Å². The number of amidine groups is 1. The number of furan rings is 1. The Bertz CT molecular complexity index is 1770. The fourth-order valence-corrected chi connectivity index (χ4v) is 5.29. The number of halogens is 1. The first-order valence-corrected chi connectivity index (χ1v) is 14.7. The van der Waals surface area contributed by atoms with Gasteiger partial charge in [0.25, 0.3) is 17.5 Å². The lowest BCUT2D eigenvalue weighted by atomic mass is 10.2. The Labute approximate surface area is 264 Å². The van der Waals surface area contributed by atoms with Crippen LogP contribution in [-0.2, 0) is 16.1 Å². The third-order valence-corrected chi connectivity index (χ3v) is 7.68. The van der Waals surface area contributed by atoms with Crippen LogP contribution in [0.25, 0.3) is 6.08 Å². The standard InChI is InChI=1S/C31H24BrN5O6S/c1-20-4-9-24(10-5-20)34-29(38)19-43-27-13-8-23(32)15-22(27)16-28-30(39)36(18-26-3-2-14-42-26)31(44-28)35-33-17-21-6-11-25(12-7-21)37(40)41/h2-17H,18-19H2,1H3,(H,34,38)/b28-16-,33-17-,35-31+. The van der Waals surface area contributed by atoms with Gasteiger partial charge >= 0.3 is 0 Å². The van der Waals surface area contributed by atoms with Crippen molar-refractivity contribution in [3.8, 4) is 5.75 Å². The first kappa shape index (κ1) is 30.4. The Morgan fingerprint density at radius 1 is 1.14 bits per heavy atom. The second-order valence-electron chi connectivity index (χ2n) is 9.44. The molecule has 1 aliphatic rings. The molecule has 0 spiro atoms. The maximum atomic E-state index is 13.6. The molecule has 0 radical (unpaired) electrons. The molecule has 1 fully saturated rings. The van der Waals surface area contributed by atoms with Crippen LogP contribution in [0.15, 0.2) is 109 Å². The summed E-state index contributed by atoms with van der Waals surface area (Å²) in [7, 11) is 0. The number of amides is 2. The third-order valence-electron chi connectivity index (χ3n) is 6.19. The summed E-state index contributed by atoms with van der Waals surface area (Å²) in [6.45, 7) is 1.86. The van der Waals surface area contributed by atoms with Crippen LogP contribution in [0, 0.1) is 17.0 Å². The van der Waals surface area contributed by atoms with E-state index in [1.807, 2.05) is 31.2 Å².